The molecule has 1 rings (SSSR count). The van der Waals surface area contributed by atoms with Gasteiger partial charge in [0.25, 0.3) is 0 Å². The molecule has 0 aliphatic rings. The zero-order valence-corrected chi connectivity index (χ0v) is 8.03. The van der Waals surface area contributed by atoms with E-state index in [0.717, 1.165) is 4.20 Å². The maximum Gasteiger partial charge on any atom is 0.0520 e. The van der Waals surface area contributed by atoms with Gasteiger partial charge in [-0.15, -0.1) is 12.6 Å². The molecule has 58 valence electrons. The molecular formula is C9H10S2. The summed E-state index contributed by atoms with van der Waals surface area (Å²) in [4.78, 5) is 0. The first-order valence-corrected chi connectivity index (χ1v) is 4.35. The van der Waals surface area contributed by atoms with Gasteiger partial charge in [0, 0.05) is 5.92 Å². The van der Waals surface area contributed by atoms with E-state index in [4.69, 9.17) is 12.2 Å². The fraction of sp³-hybridized carbons (Fsp3) is 0.222. The van der Waals surface area contributed by atoms with Crippen LogP contribution in [0.5, 0.6) is 0 Å². The summed E-state index contributed by atoms with van der Waals surface area (Å²) in [6.45, 7) is 2.06. The molecule has 1 aromatic carbocycles. The molecule has 0 aliphatic heterocycles. The lowest BCUT2D eigenvalue weighted by atomic mass is 10.0. The normalized spacial score (nSPS) is 12.5. The highest BCUT2D eigenvalue weighted by atomic mass is 32.1. The van der Waals surface area contributed by atoms with Gasteiger partial charge in [-0.2, -0.15) is 0 Å². The number of hydrogen-bond acceptors (Lipinski definition) is 1. The zero-order valence-electron chi connectivity index (χ0n) is 6.32. The Balaban J connectivity index is 2.85. The molecule has 0 N–H and O–H groups in total. The maximum atomic E-state index is 4.96. The van der Waals surface area contributed by atoms with E-state index in [2.05, 4.69) is 31.7 Å². The third kappa shape index (κ3) is 2.31. The van der Waals surface area contributed by atoms with Crippen molar-refractivity contribution in [3.63, 3.8) is 0 Å². The number of benzene rings is 1. The molecule has 1 aromatic rings. The number of rotatable bonds is 2. The zero-order chi connectivity index (χ0) is 8.27. The number of hydrogen-bond donors (Lipinski definition) is 1. The molecule has 0 nitrogen and oxygen atoms in total. The van der Waals surface area contributed by atoms with Crippen molar-refractivity contribution in [1.29, 1.82) is 0 Å². The summed E-state index contributed by atoms with van der Waals surface area (Å²) in [7, 11) is 0. The van der Waals surface area contributed by atoms with Gasteiger partial charge >= 0.3 is 0 Å². The lowest BCUT2D eigenvalue weighted by Crippen LogP contribution is -1.98. The predicted octanol–water partition coefficient (Wildman–Crippen LogP) is 3.05. The summed E-state index contributed by atoms with van der Waals surface area (Å²) in [5.41, 5.74) is 1.23. The standard InChI is InChI=1S/C9H10S2/c1-7(9(10)11)8-5-3-2-4-6-8/h2-7H,1H3,(H,10,11). The summed E-state index contributed by atoms with van der Waals surface area (Å²) < 4.78 is 0.746. The minimum atomic E-state index is 0.273. The lowest BCUT2D eigenvalue weighted by Gasteiger charge is -2.07. The van der Waals surface area contributed by atoms with Gasteiger partial charge in [-0.3, -0.25) is 0 Å². The van der Waals surface area contributed by atoms with Crippen LogP contribution in [0, 0.1) is 0 Å². The lowest BCUT2D eigenvalue weighted by molar-refractivity contribution is 1.05. The van der Waals surface area contributed by atoms with Gasteiger partial charge in [0.2, 0.25) is 0 Å². The van der Waals surface area contributed by atoms with Gasteiger partial charge in [0.05, 0.1) is 4.20 Å². The molecule has 1 atom stereocenters. The first-order valence-electron chi connectivity index (χ1n) is 3.49. The molecule has 11 heavy (non-hydrogen) atoms. The number of thiol groups is 1. The van der Waals surface area contributed by atoms with Crippen LogP contribution in [0.1, 0.15) is 18.4 Å². The molecule has 0 bridgehead atoms. The Morgan fingerprint density at radius 2 is 1.91 bits per heavy atom. The smallest absolute Gasteiger partial charge is 0.0520 e. The van der Waals surface area contributed by atoms with E-state index >= 15 is 0 Å². The van der Waals surface area contributed by atoms with Crippen molar-refractivity contribution < 1.29 is 0 Å². The molecule has 0 aromatic heterocycles. The molecule has 0 radical (unpaired) electrons. The van der Waals surface area contributed by atoms with Gasteiger partial charge in [-0.25, -0.2) is 0 Å². The van der Waals surface area contributed by atoms with Gasteiger partial charge in [-0.05, 0) is 5.56 Å². The Labute approximate surface area is 78.0 Å². The molecular weight excluding hydrogens is 172 g/mol. The van der Waals surface area contributed by atoms with Crippen LogP contribution in [-0.4, -0.2) is 4.20 Å². The molecule has 0 heterocycles. The fourth-order valence-corrected chi connectivity index (χ4v) is 1.17. The summed E-state index contributed by atoms with van der Waals surface area (Å²) in [5.74, 6) is 0.273. The van der Waals surface area contributed by atoms with E-state index in [1.165, 1.54) is 5.56 Å². The average Bonchev–Trinajstić information content (AvgIpc) is 2.05. The van der Waals surface area contributed by atoms with E-state index in [-0.39, 0.29) is 5.92 Å². The third-order valence-corrected chi connectivity index (χ3v) is 2.41. The van der Waals surface area contributed by atoms with Crippen molar-refractivity contribution >= 4 is 29.0 Å². The molecule has 0 fully saturated rings. The molecule has 2 heteroatoms. The van der Waals surface area contributed by atoms with Crippen LogP contribution in [0.2, 0.25) is 0 Å². The van der Waals surface area contributed by atoms with E-state index in [0.29, 0.717) is 0 Å². The van der Waals surface area contributed by atoms with Gasteiger partial charge < -0.3 is 0 Å². The quantitative estimate of drug-likeness (QED) is 0.542. The van der Waals surface area contributed by atoms with Crippen molar-refractivity contribution in [3.8, 4) is 0 Å². The Kier molecular flexibility index (Phi) is 3.09. The van der Waals surface area contributed by atoms with Crippen molar-refractivity contribution in [3.05, 3.63) is 35.9 Å². The van der Waals surface area contributed by atoms with Crippen molar-refractivity contribution in [2.45, 2.75) is 12.8 Å². The Bertz CT molecular complexity index is 241. The summed E-state index contributed by atoms with van der Waals surface area (Å²) in [6.07, 6.45) is 0. The largest absolute Gasteiger partial charge is 0.136 e. The third-order valence-electron chi connectivity index (χ3n) is 1.67. The van der Waals surface area contributed by atoms with Crippen LogP contribution in [-0.2, 0) is 0 Å². The first kappa shape index (κ1) is 8.75. The van der Waals surface area contributed by atoms with E-state index in [1.807, 2.05) is 18.2 Å². The van der Waals surface area contributed by atoms with Crippen LogP contribution >= 0.6 is 24.8 Å². The summed E-state index contributed by atoms with van der Waals surface area (Å²) >= 11 is 9.10. The molecule has 1 unspecified atom stereocenters. The van der Waals surface area contributed by atoms with Crippen LogP contribution in [0.3, 0.4) is 0 Å². The topological polar surface area (TPSA) is 0 Å². The second-order valence-electron chi connectivity index (χ2n) is 2.47. The second-order valence-corrected chi connectivity index (χ2v) is 3.69. The monoisotopic (exact) mass is 182 g/mol. The fourth-order valence-electron chi connectivity index (χ4n) is 0.884. The molecule has 0 saturated carbocycles. The van der Waals surface area contributed by atoms with Crippen LogP contribution in [0.15, 0.2) is 30.3 Å². The van der Waals surface area contributed by atoms with Gasteiger partial charge in [0.15, 0.2) is 0 Å². The van der Waals surface area contributed by atoms with Gasteiger partial charge in [0.1, 0.15) is 0 Å². The van der Waals surface area contributed by atoms with Crippen molar-refractivity contribution in [1.82, 2.24) is 0 Å². The van der Waals surface area contributed by atoms with Gasteiger partial charge in [-0.1, -0.05) is 49.5 Å². The molecule has 0 amide bonds. The minimum Gasteiger partial charge on any atom is -0.136 e. The minimum absolute atomic E-state index is 0.273. The highest BCUT2D eigenvalue weighted by Crippen LogP contribution is 2.17. The summed E-state index contributed by atoms with van der Waals surface area (Å²) in [5, 5.41) is 0. The Morgan fingerprint density at radius 3 is 2.36 bits per heavy atom. The average molecular weight is 182 g/mol. The molecule has 0 spiro atoms. The molecule has 0 aliphatic carbocycles. The maximum absolute atomic E-state index is 4.96. The highest BCUT2D eigenvalue weighted by Gasteiger charge is 2.05. The van der Waals surface area contributed by atoms with Crippen molar-refractivity contribution in [2.24, 2.45) is 0 Å². The SMILES string of the molecule is CC(C(=S)S)c1ccccc1. The summed E-state index contributed by atoms with van der Waals surface area (Å²) in [6, 6.07) is 10.1. The first-order chi connectivity index (χ1) is 5.22. The Hall–Kier alpha value is -0.340. The second kappa shape index (κ2) is 3.88. The number of thiocarbonyl (C=S) groups is 1. The van der Waals surface area contributed by atoms with E-state index < -0.39 is 0 Å². The molecule has 0 saturated heterocycles. The Morgan fingerprint density at radius 1 is 1.36 bits per heavy atom. The van der Waals surface area contributed by atoms with Crippen LogP contribution in [0.25, 0.3) is 0 Å². The van der Waals surface area contributed by atoms with E-state index in [1.54, 1.807) is 0 Å². The predicted molar refractivity (Wildman–Crippen MR) is 56.4 cm³/mol. The van der Waals surface area contributed by atoms with E-state index in [9.17, 15) is 0 Å². The highest BCUT2D eigenvalue weighted by molar-refractivity contribution is 8.11. The van der Waals surface area contributed by atoms with Crippen LogP contribution in [0.4, 0.5) is 0 Å². The van der Waals surface area contributed by atoms with Crippen molar-refractivity contribution in [2.75, 3.05) is 0 Å². The van der Waals surface area contributed by atoms with Crippen LogP contribution < -0.4 is 0 Å².